The lowest BCUT2D eigenvalue weighted by Crippen LogP contribution is -2.23. The fourth-order valence-corrected chi connectivity index (χ4v) is 3.42. The lowest BCUT2D eigenvalue weighted by Gasteiger charge is -2.14. The Labute approximate surface area is 117 Å². The Kier molecular flexibility index (Phi) is 5.36. The first-order chi connectivity index (χ1) is 9.20. The Bertz CT molecular complexity index is 421. The highest BCUT2D eigenvalue weighted by Crippen LogP contribution is 2.22. The number of methoxy groups -OCH3 is 1. The lowest BCUT2D eigenvalue weighted by molar-refractivity contribution is 0.146. The molecule has 0 bridgehead atoms. The monoisotopic (exact) mass is 283 g/mol. The van der Waals surface area contributed by atoms with Gasteiger partial charge in [-0.15, -0.1) is 0 Å². The first-order valence-corrected chi connectivity index (χ1v) is 7.70. The fourth-order valence-electron chi connectivity index (χ4n) is 2.09. The molecule has 0 saturated carbocycles. The van der Waals surface area contributed by atoms with E-state index in [0.717, 1.165) is 30.2 Å². The van der Waals surface area contributed by atoms with Crippen molar-refractivity contribution in [2.45, 2.75) is 18.2 Å². The standard InChI is InChI=1S/C14H21NO3S/c1-12-7-8-15(11-12)19(16)14-5-3-13(4-6-14)18-10-9-17-2/h3-6,12H,7-11H2,1-2H3/t12-,19?/m0/s1. The van der Waals surface area contributed by atoms with Gasteiger partial charge < -0.3 is 9.47 Å². The second kappa shape index (κ2) is 7.03. The molecule has 0 spiro atoms. The Morgan fingerprint density at radius 3 is 2.63 bits per heavy atom. The molecule has 1 aliphatic rings. The van der Waals surface area contributed by atoms with Crippen LogP contribution in [0, 0.1) is 5.92 Å². The van der Waals surface area contributed by atoms with E-state index in [4.69, 9.17) is 9.47 Å². The maximum atomic E-state index is 12.3. The molecule has 19 heavy (non-hydrogen) atoms. The molecule has 1 aromatic carbocycles. The molecular formula is C14H21NO3S. The van der Waals surface area contributed by atoms with Crippen molar-refractivity contribution in [2.75, 3.05) is 33.4 Å². The maximum Gasteiger partial charge on any atom is 0.127 e. The van der Waals surface area contributed by atoms with E-state index in [1.165, 1.54) is 0 Å². The van der Waals surface area contributed by atoms with Gasteiger partial charge in [0, 0.05) is 20.2 Å². The van der Waals surface area contributed by atoms with Crippen LogP contribution in [-0.2, 0) is 15.7 Å². The molecule has 0 radical (unpaired) electrons. The van der Waals surface area contributed by atoms with Crippen LogP contribution in [0.3, 0.4) is 0 Å². The first-order valence-electron chi connectivity index (χ1n) is 6.59. The van der Waals surface area contributed by atoms with Gasteiger partial charge in [0.2, 0.25) is 0 Å². The average molecular weight is 283 g/mol. The predicted molar refractivity (Wildman–Crippen MR) is 75.6 cm³/mol. The third kappa shape index (κ3) is 4.03. The third-order valence-corrected chi connectivity index (χ3v) is 4.68. The van der Waals surface area contributed by atoms with Gasteiger partial charge in [-0.2, -0.15) is 0 Å². The number of hydrogen-bond donors (Lipinski definition) is 0. The van der Waals surface area contributed by atoms with Crippen LogP contribution in [0.25, 0.3) is 0 Å². The van der Waals surface area contributed by atoms with E-state index < -0.39 is 11.0 Å². The summed E-state index contributed by atoms with van der Waals surface area (Å²) in [6.45, 7) is 5.13. The molecule has 0 N–H and O–H groups in total. The molecule has 0 aliphatic carbocycles. The van der Waals surface area contributed by atoms with Gasteiger partial charge in [-0.1, -0.05) is 6.92 Å². The summed E-state index contributed by atoms with van der Waals surface area (Å²) >= 11 is 0. The highest BCUT2D eigenvalue weighted by Gasteiger charge is 2.24. The highest BCUT2D eigenvalue weighted by molar-refractivity contribution is 7.82. The zero-order valence-corrected chi connectivity index (χ0v) is 12.3. The van der Waals surface area contributed by atoms with Gasteiger partial charge in [0.15, 0.2) is 0 Å². The van der Waals surface area contributed by atoms with Gasteiger partial charge in [0.1, 0.15) is 23.3 Å². The second-order valence-corrected chi connectivity index (χ2v) is 6.33. The molecule has 4 nitrogen and oxygen atoms in total. The largest absolute Gasteiger partial charge is 0.491 e. The minimum atomic E-state index is -1.04. The van der Waals surface area contributed by atoms with Crippen molar-refractivity contribution < 1.29 is 13.7 Å². The van der Waals surface area contributed by atoms with Crippen LogP contribution in [0.1, 0.15) is 13.3 Å². The fraction of sp³-hybridized carbons (Fsp3) is 0.571. The Balaban J connectivity index is 1.92. The summed E-state index contributed by atoms with van der Waals surface area (Å²) in [7, 11) is 0.604. The zero-order chi connectivity index (χ0) is 13.7. The summed E-state index contributed by atoms with van der Waals surface area (Å²) in [6, 6.07) is 7.48. The molecule has 1 aromatic rings. The van der Waals surface area contributed by atoms with E-state index in [2.05, 4.69) is 6.92 Å². The van der Waals surface area contributed by atoms with Crippen LogP contribution in [0.2, 0.25) is 0 Å². The summed E-state index contributed by atoms with van der Waals surface area (Å²) < 4.78 is 24.8. The molecule has 2 atom stereocenters. The summed E-state index contributed by atoms with van der Waals surface area (Å²) in [6.07, 6.45) is 1.13. The number of benzene rings is 1. The summed E-state index contributed by atoms with van der Waals surface area (Å²) in [5.41, 5.74) is 0. The van der Waals surface area contributed by atoms with Gasteiger partial charge in [-0.3, -0.25) is 0 Å². The minimum Gasteiger partial charge on any atom is -0.491 e. The molecule has 106 valence electrons. The van der Waals surface area contributed by atoms with Crippen LogP contribution < -0.4 is 4.74 Å². The second-order valence-electron chi connectivity index (χ2n) is 4.84. The van der Waals surface area contributed by atoms with Crippen molar-refractivity contribution >= 4 is 11.0 Å². The molecule has 1 heterocycles. The van der Waals surface area contributed by atoms with E-state index in [1.54, 1.807) is 7.11 Å². The van der Waals surface area contributed by atoms with Crippen LogP contribution in [0.4, 0.5) is 0 Å². The third-order valence-electron chi connectivity index (χ3n) is 3.20. The van der Waals surface area contributed by atoms with Crippen molar-refractivity contribution in [1.29, 1.82) is 0 Å². The van der Waals surface area contributed by atoms with Gasteiger partial charge in [0.05, 0.1) is 11.5 Å². The molecular weight excluding hydrogens is 262 g/mol. The van der Waals surface area contributed by atoms with Crippen LogP contribution in [0.15, 0.2) is 29.2 Å². The van der Waals surface area contributed by atoms with Gasteiger partial charge in [0.25, 0.3) is 0 Å². The minimum absolute atomic E-state index is 0.530. The molecule has 0 amide bonds. The van der Waals surface area contributed by atoms with Gasteiger partial charge in [-0.25, -0.2) is 8.51 Å². The topological polar surface area (TPSA) is 38.8 Å². The van der Waals surface area contributed by atoms with Crippen molar-refractivity contribution in [1.82, 2.24) is 4.31 Å². The summed E-state index contributed by atoms with van der Waals surface area (Å²) in [5.74, 6) is 1.42. The van der Waals surface area contributed by atoms with Crippen LogP contribution in [-0.4, -0.2) is 41.9 Å². The van der Waals surface area contributed by atoms with Gasteiger partial charge in [-0.05, 0) is 36.6 Å². The SMILES string of the molecule is COCCOc1ccc(S(=O)N2CC[C@H](C)C2)cc1. The maximum absolute atomic E-state index is 12.3. The molecule has 5 heteroatoms. The van der Waals surface area contributed by atoms with Crippen molar-refractivity contribution in [3.63, 3.8) is 0 Å². The first kappa shape index (κ1) is 14.5. The molecule has 2 rings (SSSR count). The quantitative estimate of drug-likeness (QED) is 0.750. The number of nitrogens with zero attached hydrogens (tertiary/aromatic N) is 1. The summed E-state index contributed by atoms with van der Waals surface area (Å²) in [4.78, 5) is 0.841. The molecule has 1 fully saturated rings. The average Bonchev–Trinajstić information content (AvgIpc) is 2.86. The van der Waals surface area contributed by atoms with Crippen molar-refractivity contribution in [3.05, 3.63) is 24.3 Å². The van der Waals surface area contributed by atoms with Crippen LogP contribution in [0.5, 0.6) is 5.75 Å². The van der Waals surface area contributed by atoms with E-state index in [9.17, 15) is 4.21 Å². The predicted octanol–water partition coefficient (Wildman–Crippen LogP) is 2.08. The van der Waals surface area contributed by atoms with E-state index >= 15 is 0 Å². The van der Waals surface area contributed by atoms with E-state index in [1.807, 2.05) is 28.6 Å². The zero-order valence-electron chi connectivity index (χ0n) is 11.5. The Morgan fingerprint density at radius 1 is 1.32 bits per heavy atom. The molecule has 1 aliphatic heterocycles. The Morgan fingerprint density at radius 2 is 2.05 bits per heavy atom. The van der Waals surface area contributed by atoms with Crippen molar-refractivity contribution in [3.8, 4) is 5.75 Å². The molecule has 1 unspecified atom stereocenters. The van der Waals surface area contributed by atoms with E-state index in [-0.39, 0.29) is 0 Å². The normalized spacial score (nSPS) is 21.5. The van der Waals surface area contributed by atoms with Crippen molar-refractivity contribution in [2.24, 2.45) is 5.92 Å². The lowest BCUT2D eigenvalue weighted by atomic mass is 10.2. The van der Waals surface area contributed by atoms with Gasteiger partial charge >= 0.3 is 0 Å². The molecule has 1 saturated heterocycles. The van der Waals surface area contributed by atoms with Crippen LogP contribution >= 0.6 is 0 Å². The number of ether oxygens (including phenoxy) is 2. The Hall–Kier alpha value is -0.910. The smallest absolute Gasteiger partial charge is 0.127 e. The van der Waals surface area contributed by atoms with E-state index in [0.29, 0.717) is 19.1 Å². The highest BCUT2D eigenvalue weighted by atomic mass is 32.2. The number of hydrogen-bond acceptors (Lipinski definition) is 3. The summed E-state index contributed by atoms with van der Waals surface area (Å²) in [5, 5.41) is 0. The number of rotatable bonds is 6. The molecule has 0 aromatic heterocycles.